The fourth-order valence-electron chi connectivity index (χ4n) is 0.894. The Morgan fingerprint density at radius 3 is 3.08 bits per heavy atom. The average Bonchev–Trinajstić information content (AvgIpc) is 2.76. The molecule has 0 N–H and O–H groups in total. The van der Waals surface area contributed by atoms with Gasteiger partial charge in [-0.05, 0) is 11.5 Å². The Labute approximate surface area is 87.1 Å². The summed E-state index contributed by atoms with van der Waals surface area (Å²) in [5.41, 5.74) is 0.928. The van der Waals surface area contributed by atoms with E-state index in [-0.39, 0.29) is 0 Å². The van der Waals surface area contributed by atoms with Crippen LogP contribution in [-0.2, 0) is 11.9 Å². The van der Waals surface area contributed by atoms with Crippen molar-refractivity contribution in [2.24, 2.45) is 0 Å². The minimum atomic E-state index is 0.692. The normalized spacial score (nSPS) is 10.5. The second-order valence-electron chi connectivity index (χ2n) is 2.42. The lowest BCUT2D eigenvalue weighted by atomic mass is 10.5. The molecule has 0 saturated carbocycles. The fraction of sp³-hybridized carbons (Fsp3) is 0.333. The van der Waals surface area contributed by atoms with Gasteiger partial charge in [-0.1, -0.05) is 25.6 Å². The third-order valence-electron chi connectivity index (χ3n) is 1.45. The van der Waals surface area contributed by atoms with E-state index in [1.807, 2.05) is 6.20 Å². The molecular weight excluding hydrogens is 254 g/mol. The third kappa shape index (κ3) is 2.10. The van der Waals surface area contributed by atoms with Gasteiger partial charge in [0.2, 0.25) is 0 Å². The summed E-state index contributed by atoms with van der Waals surface area (Å²) in [5, 5.41) is 12.4. The quantitative estimate of drug-likeness (QED) is 0.775. The molecule has 68 valence electrons. The average molecular weight is 260 g/mol. The van der Waals surface area contributed by atoms with Crippen LogP contribution in [0.25, 0.3) is 0 Å². The smallest absolute Gasteiger partial charge is 0.0932 e. The molecule has 2 aromatic heterocycles. The molecule has 0 bridgehead atoms. The largest absolute Gasteiger partial charge is 0.247 e. The number of alkyl halides is 1. The Morgan fingerprint density at radius 1 is 1.54 bits per heavy atom. The lowest BCUT2D eigenvalue weighted by Crippen LogP contribution is -1.98. The number of hydrogen-bond donors (Lipinski definition) is 0. The minimum absolute atomic E-state index is 0.692. The number of hydrogen-bond acceptors (Lipinski definition) is 5. The summed E-state index contributed by atoms with van der Waals surface area (Å²) >= 11 is 4.68. The van der Waals surface area contributed by atoms with Crippen molar-refractivity contribution in [3.63, 3.8) is 0 Å². The number of rotatable bonds is 3. The Bertz CT molecular complexity index is 370. The fourth-order valence-corrected chi connectivity index (χ4v) is 1.63. The zero-order chi connectivity index (χ0) is 9.10. The predicted octanol–water partition coefficient (Wildman–Crippen LogP) is 1.07. The van der Waals surface area contributed by atoms with Crippen LogP contribution >= 0.6 is 27.5 Å². The van der Waals surface area contributed by atoms with E-state index >= 15 is 0 Å². The van der Waals surface area contributed by atoms with Gasteiger partial charge in [0.05, 0.1) is 23.3 Å². The van der Waals surface area contributed by atoms with Crippen LogP contribution in [0.3, 0.4) is 0 Å². The van der Waals surface area contributed by atoms with Gasteiger partial charge in [0.25, 0.3) is 0 Å². The van der Waals surface area contributed by atoms with Gasteiger partial charge < -0.3 is 0 Å². The van der Waals surface area contributed by atoms with Crippen molar-refractivity contribution in [3.8, 4) is 0 Å². The van der Waals surface area contributed by atoms with Gasteiger partial charge in [0, 0.05) is 11.5 Å². The summed E-state index contributed by atoms with van der Waals surface area (Å²) in [6.07, 6.45) is 3.63. The molecule has 0 spiro atoms. The molecule has 13 heavy (non-hydrogen) atoms. The molecule has 0 aromatic carbocycles. The van der Waals surface area contributed by atoms with Crippen LogP contribution in [0.1, 0.15) is 10.6 Å². The molecule has 0 aliphatic rings. The number of halogens is 1. The van der Waals surface area contributed by atoms with E-state index in [4.69, 9.17) is 0 Å². The van der Waals surface area contributed by atoms with Gasteiger partial charge in [-0.2, -0.15) is 0 Å². The van der Waals surface area contributed by atoms with E-state index in [0.717, 1.165) is 15.9 Å². The van der Waals surface area contributed by atoms with E-state index in [1.54, 1.807) is 10.9 Å². The molecule has 5 nitrogen and oxygen atoms in total. The Hall–Kier alpha value is -0.820. The molecule has 7 heteroatoms. The maximum absolute atomic E-state index is 3.95. The molecule has 0 amide bonds. The first kappa shape index (κ1) is 8.76. The van der Waals surface area contributed by atoms with Gasteiger partial charge in [-0.15, -0.1) is 10.2 Å². The highest BCUT2D eigenvalue weighted by atomic mass is 79.9. The van der Waals surface area contributed by atoms with E-state index in [1.165, 1.54) is 11.5 Å². The second-order valence-corrected chi connectivity index (χ2v) is 3.86. The highest BCUT2D eigenvalue weighted by molar-refractivity contribution is 9.08. The van der Waals surface area contributed by atoms with Crippen molar-refractivity contribution in [1.82, 2.24) is 24.6 Å². The lowest BCUT2D eigenvalue weighted by Gasteiger charge is -1.92. The molecule has 0 fully saturated rings. The molecule has 2 aromatic rings. The summed E-state index contributed by atoms with van der Waals surface area (Å²) in [6, 6.07) is 0. The van der Waals surface area contributed by atoms with Crippen LogP contribution < -0.4 is 0 Å². The first-order chi connectivity index (χ1) is 6.38. The van der Waals surface area contributed by atoms with Crippen molar-refractivity contribution >= 4 is 27.5 Å². The molecule has 2 rings (SSSR count). The van der Waals surface area contributed by atoms with Gasteiger partial charge >= 0.3 is 0 Å². The van der Waals surface area contributed by atoms with E-state index < -0.39 is 0 Å². The zero-order valence-electron chi connectivity index (χ0n) is 6.59. The standard InChI is InChI=1S/C6H6BrN5S/c7-1-5-3-12(10-9-5)4-6-2-8-11-13-6/h2-3H,1,4H2. The van der Waals surface area contributed by atoms with Gasteiger partial charge in [0.1, 0.15) is 0 Å². The molecule has 0 saturated heterocycles. The molecule has 0 unspecified atom stereocenters. The highest BCUT2D eigenvalue weighted by Gasteiger charge is 2.01. The van der Waals surface area contributed by atoms with Crippen molar-refractivity contribution in [3.05, 3.63) is 23.0 Å². The summed E-state index contributed by atoms with van der Waals surface area (Å²) in [6.45, 7) is 0.692. The van der Waals surface area contributed by atoms with E-state index in [9.17, 15) is 0 Å². The topological polar surface area (TPSA) is 56.5 Å². The lowest BCUT2D eigenvalue weighted by molar-refractivity contribution is 0.655. The molecule has 0 aliphatic heterocycles. The van der Waals surface area contributed by atoms with Crippen molar-refractivity contribution < 1.29 is 0 Å². The second kappa shape index (κ2) is 3.93. The number of aromatic nitrogens is 5. The van der Waals surface area contributed by atoms with Gasteiger partial charge in [0.15, 0.2) is 0 Å². The monoisotopic (exact) mass is 259 g/mol. The van der Waals surface area contributed by atoms with Gasteiger partial charge in [-0.25, -0.2) is 4.68 Å². The maximum Gasteiger partial charge on any atom is 0.0932 e. The first-order valence-corrected chi connectivity index (χ1v) is 5.49. The summed E-state index contributed by atoms with van der Waals surface area (Å²) in [7, 11) is 0. The van der Waals surface area contributed by atoms with Gasteiger partial charge in [-0.3, -0.25) is 0 Å². The molecule has 2 heterocycles. The van der Waals surface area contributed by atoms with Crippen molar-refractivity contribution in [2.75, 3.05) is 0 Å². The SMILES string of the molecule is BrCc1cn(Cc2cnns2)nn1. The summed E-state index contributed by atoms with van der Waals surface area (Å²) in [4.78, 5) is 1.08. The Balaban J connectivity index is 2.10. The Morgan fingerprint density at radius 2 is 2.46 bits per heavy atom. The van der Waals surface area contributed by atoms with Crippen molar-refractivity contribution in [1.29, 1.82) is 0 Å². The van der Waals surface area contributed by atoms with Crippen LogP contribution in [0.2, 0.25) is 0 Å². The number of nitrogens with zero attached hydrogens (tertiary/aromatic N) is 5. The molecular formula is C6H6BrN5S. The third-order valence-corrected chi connectivity index (χ3v) is 2.67. The minimum Gasteiger partial charge on any atom is -0.247 e. The van der Waals surface area contributed by atoms with Crippen LogP contribution in [-0.4, -0.2) is 24.6 Å². The summed E-state index contributed by atoms with van der Waals surface area (Å²) < 4.78 is 5.54. The van der Waals surface area contributed by atoms with Crippen molar-refractivity contribution in [2.45, 2.75) is 11.9 Å². The van der Waals surface area contributed by atoms with E-state index in [0.29, 0.717) is 6.54 Å². The molecule has 0 radical (unpaired) electrons. The Kier molecular flexibility index (Phi) is 2.65. The zero-order valence-corrected chi connectivity index (χ0v) is 8.99. The first-order valence-electron chi connectivity index (χ1n) is 3.59. The van der Waals surface area contributed by atoms with Crippen LogP contribution in [0.15, 0.2) is 12.4 Å². The molecule has 0 aliphatic carbocycles. The van der Waals surface area contributed by atoms with Crippen LogP contribution in [0.4, 0.5) is 0 Å². The van der Waals surface area contributed by atoms with Crippen LogP contribution in [0, 0.1) is 0 Å². The van der Waals surface area contributed by atoms with E-state index in [2.05, 4.69) is 35.8 Å². The summed E-state index contributed by atoms with van der Waals surface area (Å²) in [5.74, 6) is 0. The predicted molar refractivity (Wildman–Crippen MR) is 51.7 cm³/mol. The van der Waals surface area contributed by atoms with Crippen LogP contribution in [0.5, 0.6) is 0 Å². The highest BCUT2D eigenvalue weighted by Crippen LogP contribution is 2.05. The maximum atomic E-state index is 3.95. The molecule has 0 atom stereocenters.